The average Bonchev–Trinajstić information content (AvgIpc) is 3.21. The van der Waals surface area contributed by atoms with E-state index in [1.165, 1.54) is 62.5 Å². The van der Waals surface area contributed by atoms with E-state index in [2.05, 4.69) is 19.9 Å². The summed E-state index contributed by atoms with van der Waals surface area (Å²) >= 11 is 0. The molecular formula is C34H53NO3. The first-order valence-corrected chi connectivity index (χ1v) is 15.9. The van der Waals surface area contributed by atoms with Gasteiger partial charge in [-0.1, -0.05) is 71.3 Å². The molecule has 3 unspecified atom stereocenters. The highest BCUT2D eigenvalue weighted by Gasteiger charge is 2.56. The summed E-state index contributed by atoms with van der Waals surface area (Å²) in [4.78, 5) is 26.9. The molecule has 3 aliphatic carbocycles. The summed E-state index contributed by atoms with van der Waals surface area (Å²) in [5.74, 6) is 3.58. The third-order valence-corrected chi connectivity index (χ3v) is 10.6. The fraction of sp³-hybridized carbons (Fsp3) is 0.765. The van der Waals surface area contributed by atoms with Crippen LogP contribution >= 0.6 is 0 Å². The average molecular weight is 524 g/mol. The molecule has 212 valence electrons. The molecule has 1 N–H and O–H groups in total. The van der Waals surface area contributed by atoms with Crippen molar-refractivity contribution in [3.8, 4) is 5.75 Å². The Labute approximate surface area is 232 Å². The quantitative estimate of drug-likeness (QED) is 0.250. The third kappa shape index (κ3) is 6.65. The monoisotopic (exact) mass is 523 g/mol. The fourth-order valence-electron chi connectivity index (χ4n) is 8.29. The molecule has 0 saturated heterocycles. The van der Waals surface area contributed by atoms with Gasteiger partial charge in [0.05, 0.1) is 0 Å². The normalized spacial score (nSPS) is 28.0. The molecular weight excluding hydrogens is 470 g/mol. The highest BCUT2D eigenvalue weighted by atomic mass is 16.3. The van der Waals surface area contributed by atoms with Crippen LogP contribution in [0.15, 0.2) is 18.2 Å². The van der Waals surface area contributed by atoms with Crippen LogP contribution in [0.2, 0.25) is 0 Å². The van der Waals surface area contributed by atoms with Gasteiger partial charge in [0.15, 0.2) is 0 Å². The van der Waals surface area contributed by atoms with E-state index >= 15 is 0 Å². The Morgan fingerprint density at radius 1 is 1.03 bits per heavy atom. The van der Waals surface area contributed by atoms with Crippen LogP contribution in [0.3, 0.4) is 0 Å². The van der Waals surface area contributed by atoms with Crippen molar-refractivity contribution in [3.63, 3.8) is 0 Å². The van der Waals surface area contributed by atoms with Gasteiger partial charge in [0.25, 0.3) is 0 Å². The van der Waals surface area contributed by atoms with Crippen molar-refractivity contribution in [2.75, 3.05) is 13.6 Å². The number of phenolic OH excluding ortho intramolecular Hbond substituents is 1. The molecule has 2 saturated carbocycles. The van der Waals surface area contributed by atoms with Crippen LogP contribution < -0.4 is 0 Å². The Morgan fingerprint density at radius 2 is 1.74 bits per heavy atom. The number of rotatable bonds is 14. The van der Waals surface area contributed by atoms with Gasteiger partial charge < -0.3 is 10.0 Å². The van der Waals surface area contributed by atoms with E-state index in [9.17, 15) is 14.7 Å². The number of amides is 1. The number of Topliss-reactive ketones (excluding diaryl/α,β-unsaturated/α-hetero) is 1. The van der Waals surface area contributed by atoms with Gasteiger partial charge in [-0.25, -0.2) is 0 Å². The molecule has 0 radical (unpaired) electrons. The van der Waals surface area contributed by atoms with Crippen molar-refractivity contribution >= 4 is 11.7 Å². The van der Waals surface area contributed by atoms with Crippen molar-refractivity contribution in [1.82, 2.24) is 4.90 Å². The lowest BCUT2D eigenvalue weighted by atomic mass is 9.52. The molecule has 1 aromatic carbocycles. The van der Waals surface area contributed by atoms with E-state index in [0.717, 1.165) is 57.9 Å². The number of hydrogen-bond acceptors (Lipinski definition) is 3. The topological polar surface area (TPSA) is 57.6 Å². The standard InChI is InChI=1S/C34H53NO3/c1-4-5-22-35(3)32(38)15-13-11-9-7-6-8-10-12-14-25-23-26-24-27(36)16-17-28(26)29-20-21-34(2)30(33(25)29)18-19-31(34)37/h16-17,24-25,29-30,33,36H,4-15,18-23H2,1-3H3/t25-,29?,30?,33?,34+/m1/s1. The predicted octanol–water partition coefficient (Wildman–Crippen LogP) is 8.20. The van der Waals surface area contributed by atoms with E-state index in [1.54, 1.807) is 0 Å². The summed E-state index contributed by atoms with van der Waals surface area (Å²) in [6.45, 7) is 5.33. The van der Waals surface area contributed by atoms with Crippen LogP contribution in [0.25, 0.3) is 0 Å². The number of nitrogens with zero attached hydrogens (tertiary/aromatic N) is 1. The number of aromatic hydroxyl groups is 1. The summed E-state index contributed by atoms with van der Waals surface area (Å²) in [7, 11) is 1.94. The summed E-state index contributed by atoms with van der Waals surface area (Å²) in [6.07, 6.45) is 19.2. The minimum atomic E-state index is -0.0939. The largest absolute Gasteiger partial charge is 0.508 e. The highest BCUT2D eigenvalue weighted by molar-refractivity contribution is 5.87. The second-order valence-electron chi connectivity index (χ2n) is 13.1. The molecule has 2 fully saturated rings. The van der Waals surface area contributed by atoms with Crippen LogP contribution in [-0.2, 0) is 16.0 Å². The lowest BCUT2D eigenvalue weighted by Gasteiger charge is -2.51. The number of hydrogen-bond donors (Lipinski definition) is 1. The van der Waals surface area contributed by atoms with Gasteiger partial charge >= 0.3 is 0 Å². The highest BCUT2D eigenvalue weighted by Crippen LogP contribution is 2.61. The van der Waals surface area contributed by atoms with Crippen molar-refractivity contribution in [3.05, 3.63) is 29.3 Å². The third-order valence-electron chi connectivity index (χ3n) is 10.6. The lowest BCUT2D eigenvalue weighted by Crippen LogP contribution is -2.46. The molecule has 1 amide bonds. The molecule has 4 heteroatoms. The molecule has 38 heavy (non-hydrogen) atoms. The molecule has 4 rings (SSSR count). The predicted molar refractivity (Wildman–Crippen MR) is 155 cm³/mol. The molecule has 3 aliphatic rings. The Kier molecular flexibility index (Phi) is 10.3. The van der Waals surface area contributed by atoms with Crippen molar-refractivity contribution < 1.29 is 14.7 Å². The van der Waals surface area contributed by atoms with Gasteiger partial charge in [-0.2, -0.15) is 0 Å². The summed E-state index contributed by atoms with van der Waals surface area (Å²) in [5.41, 5.74) is 2.72. The van der Waals surface area contributed by atoms with Crippen molar-refractivity contribution in [1.29, 1.82) is 0 Å². The minimum absolute atomic E-state index is 0.0939. The molecule has 4 nitrogen and oxygen atoms in total. The summed E-state index contributed by atoms with van der Waals surface area (Å²) < 4.78 is 0. The van der Waals surface area contributed by atoms with E-state index in [0.29, 0.717) is 47.5 Å². The van der Waals surface area contributed by atoms with Crippen LogP contribution in [0.4, 0.5) is 0 Å². The second-order valence-corrected chi connectivity index (χ2v) is 13.1. The first-order valence-electron chi connectivity index (χ1n) is 15.9. The number of ketones is 1. The Morgan fingerprint density at radius 3 is 2.47 bits per heavy atom. The van der Waals surface area contributed by atoms with E-state index < -0.39 is 0 Å². The first-order chi connectivity index (χ1) is 18.3. The Bertz CT molecular complexity index is 942. The van der Waals surface area contributed by atoms with Crippen LogP contribution in [-0.4, -0.2) is 35.3 Å². The molecule has 5 atom stereocenters. The molecule has 0 heterocycles. The minimum Gasteiger partial charge on any atom is -0.508 e. The number of fused-ring (bicyclic) bond motifs is 5. The molecule has 1 aromatic rings. The maximum absolute atomic E-state index is 12.9. The van der Waals surface area contributed by atoms with Gasteiger partial charge in [0.2, 0.25) is 5.91 Å². The van der Waals surface area contributed by atoms with Crippen LogP contribution in [0.5, 0.6) is 5.75 Å². The van der Waals surface area contributed by atoms with E-state index in [4.69, 9.17) is 0 Å². The maximum Gasteiger partial charge on any atom is 0.222 e. The zero-order valence-electron chi connectivity index (χ0n) is 24.5. The number of benzene rings is 1. The zero-order valence-corrected chi connectivity index (χ0v) is 24.5. The SMILES string of the molecule is CCCCN(C)C(=O)CCCCCCCCCC[C@@H]1Cc2cc(O)ccc2C2CC[C@]3(C)C(=O)CCC3C21. The van der Waals surface area contributed by atoms with Crippen molar-refractivity contribution in [2.45, 2.75) is 129 Å². The number of carbonyl (C=O) groups is 2. The van der Waals surface area contributed by atoms with Gasteiger partial charge in [0, 0.05) is 31.8 Å². The lowest BCUT2D eigenvalue weighted by molar-refractivity contribution is -0.130. The number of unbranched alkanes of at least 4 members (excludes halogenated alkanes) is 8. The van der Waals surface area contributed by atoms with Crippen LogP contribution in [0.1, 0.15) is 134 Å². The zero-order chi connectivity index (χ0) is 27.1. The maximum atomic E-state index is 12.9. The number of carbonyl (C=O) groups excluding carboxylic acids is 2. The summed E-state index contributed by atoms with van der Waals surface area (Å²) in [5, 5.41) is 10.2. The fourth-order valence-corrected chi connectivity index (χ4v) is 8.29. The van der Waals surface area contributed by atoms with Crippen molar-refractivity contribution in [2.24, 2.45) is 23.2 Å². The van der Waals surface area contributed by atoms with Gasteiger partial charge in [-0.15, -0.1) is 0 Å². The van der Waals surface area contributed by atoms with Gasteiger partial charge in [0.1, 0.15) is 11.5 Å². The second kappa shape index (κ2) is 13.5. The van der Waals surface area contributed by atoms with E-state index in [1.807, 2.05) is 24.1 Å². The number of phenols is 1. The molecule has 0 aromatic heterocycles. The smallest absolute Gasteiger partial charge is 0.222 e. The summed E-state index contributed by atoms with van der Waals surface area (Å²) in [6, 6.07) is 6.06. The first kappa shape index (κ1) is 29.2. The Hall–Kier alpha value is -1.84. The molecule has 0 spiro atoms. The molecule has 0 bridgehead atoms. The molecule has 0 aliphatic heterocycles. The Balaban J connectivity index is 1.19. The van der Waals surface area contributed by atoms with Crippen LogP contribution in [0, 0.1) is 23.2 Å². The van der Waals surface area contributed by atoms with E-state index in [-0.39, 0.29) is 5.41 Å². The van der Waals surface area contributed by atoms with Gasteiger partial charge in [-0.05, 0) is 91.9 Å². The van der Waals surface area contributed by atoms with Gasteiger partial charge in [-0.3, -0.25) is 9.59 Å².